The van der Waals surface area contributed by atoms with Gasteiger partial charge in [0.25, 0.3) is 5.69 Å². The van der Waals surface area contributed by atoms with Crippen LogP contribution in [-0.4, -0.2) is 31.5 Å². The van der Waals surface area contributed by atoms with Gasteiger partial charge in [-0.05, 0) is 19.1 Å². The molecule has 0 spiro atoms. The molecule has 1 atom stereocenters. The molecule has 3 N–H and O–H groups in total. The van der Waals surface area contributed by atoms with Crippen molar-refractivity contribution < 1.29 is 18.1 Å². The summed E-state index contributed by atoms with van der Waals surface area (Å²) in [5.41, 5.74) is 4.80. The fourth-order valence-corrected chi connectivity index (χ4v) is 2.27. The molecule has 0 aromatic heterocycles. The lowest BCUT2D eigenvalue weighted by atomic mass is 10.2. The number of carbonyl (C=O) groups is 1. The van der Waals surface area contributed by atoms with Gasteiger partial charge in [-0.3, -0.25) is 14.9 Å². The van der Waals surface area contributed by atoms with Gasteiger partial charge >= 0.3 is 0 Å². The van der Waals surface area contributed by atoms with Crippen molar-refractivity contribution in [1.29, 1.82) is 0 Å². The molecule has 8 nitrogen and oxygen atoms in total. The number of hydrogen-bond acceptors (Lipinski definition) is 6. The van der Waals surface area contributed by atoms with E-state index in [4.69, 9.17) is 5.73 Å². The van der Waals surface area contributed by atoms with E-state index in [-0.39, 0.29) is 22.7 Å². The maximum absolute atomic E-state index is 11.4. The quantitative estimate of drug-likeness (QED) is 0.586. The van der Waals surface area contributed by atoms with E-state index < -0.39 is 26.7 Å². The van der Waals surface area contributed by atoms with E-state index in [0.717, 1.165) is 12.3 Å². The molecule has 0 saturated heterocycles. The van der Waals surface area contributed by atoms with Gasteiger partial charge in [0.2, 0.25) is 5.91 Å². The minimum absolute atomic E-state index is 0.00494. The molecule has 0 aliphatic heterocycles. The van der Waals surface area contributed by atoms with E-state index in [1.165, 1.54) is 12.1 Å². The van der Waals surface area contributed by atoms with Crippen molar-refractivity contribution in [3.05, 3.63) is 28.3 Å². The van der Waals surface area contributed by atoms with Crippen molar-refractivity contribution in [3.8, 4) is 0 Å². The van der Waals surface area contributed by atoms with Crippen LogP contribution >= 0.6 is 0 Å². The van der Waals surface area contributed by atoms with E-state index in [0.29, 0.717) is 0 Å². The van der Waals surface area contributed by atoms with Crippen LogP contribution in [0.1, 0.15) is 13.3 Å². The molecular formula is C11H15N3O5S. The number of amides is 1. The first-order valence-corrected chi connectivity index (χ1v) is 7.53. The van der Waals surface area contributed by atoms with E-state index in [1.54, 1.807) is 6.92 Å². The first kappa shape index (κ1) is 15.9. The Labute approximate surface area is 116 Å². The highest BCUT2D eigenvalue weighted by Gasteiger charge is 2.20. The summed E-state index contributed by atoms with van der Waals surface area (Å²) in [6.07, 6.45) is 0.972. The van der Waals surface area contributed by atoms with Crippen LogP contribution in [0, 0.1) is 10.1 Å². The van der Waals surface area contributed by atoms with Crippen LogP contribution in [0.3, 0.4) is 0 Å². The average Bonchev–Trinajstić information content (AvgIpc) is 2.26. The number of anilines is 1. The molecule has 0 heterocycles. The monoisotopic (exact) mass is 301 g/mol. The van der Waals surface area contributed by atoms with E-state index in [2.05, 4.69) is 5.32 Å². The summed E-state index contributed by atoms with van der Waals surface area (Å²) in [5, 5.41) is 13.7. The number of carbonyl (C=O) groups excluding carboxylic acids is 1. The first-order valence-electron chi connectivity index (χ1n) is 5.64. The molecule has 0 aliphatic rings. The van der Waals surface area contributed by atoms with Crippen LogP contribution < -0.4 is 11.1 Å². The highest BCUT2D eigenvalue weighted by molar-refractivity contribution is 7.90. The number of nitrogens with one attached hydrogen (secondary N) is 1. The highest BCUT2D eigenvalue weighted by Crippen LogP contribution is 2.28. The normalized spacial score (nSPS) is 12.7. The number of hydrogen-bond donors (Lipinski definition) is 2. The Morgan fingerprint density at radius 2 is 2.10 bits per heavy atom. The predicted molar refractivity (Wildman–Crippen MR) is 73.1 cm³/mol. The zero-order valence-corrected chi connectivity index (χ0v) is 11.8. The topological polar surface area (TPSA) is 132 Å². The minimum atomic E-state index is -3.53. The first-order chi connectivity index (χ1) is 9.11. The molecule has 0 bridgehead atoms. The molecular weight excluding hydrogens is 286 g/mol. The summed E-state index contributed by atoms with van der Waals surface area (Å²) >= 11 is 0. The second kappa shape index (κ2) is 5.87. The van der Waals surface area contributed by atoms with Gasteiger partial charge < -0.3 is 11.1 Å². The number of sulfone groups is 1. The summed E-state index contributed by atoms with van der Waals surface area (Å²) in [5.74, 6) is -0.541. The Morgan fingerprint density at radius 3 is 2.55 bits per heavy atom. The molecule has 0 radical (unpaired) electrons. The van der Waals surface area contributed by atoms with E-state index >= 15 is 0 Å². The fraction of sp³-hybridized carbons (Fsp3) is 0.364. The smallest absolute Gasteiger partial charge is 0.293 e. The standard InChI is InChI=1S/C11H15N3O5S/c1-7(5-11(12)15)13-9-4-3-8(20(2,18)19)6-10(9)14(16)17/h3-4,6-7,13H,5H2,1-2H3,(H2,12,15). The number of nitro benzene ring substituents is 1. The number of nitro groups is 1. The number of primary amides is 1. The van der Waals surface area contributed by atoms with Gasteiger partial charge in [0.15, 0.2) is 9.84 Å². The lowest BCUT2D eigenvalue weighted by molar-refractivity contribution is -0.384. The third-order valence-electron chi connectivity index (χ3n) is 2.50. The average molecular weight is 301 g/mol. The summed E-state index contributed by atoms with van der Waals surface area (Å²) in [6.45, 7) is 1.64. The number of benzene rings is 1. The van der Waals surface area contributed by atoms with Gasteiger partial charge in [0.1, 0.15) is 5.69 Å². The van der Waals surface area contributed by atoms with Crippen molar-refractivity contribution in [2.45, 2.75) is 24.3 Å². The molecule has 1 rings (SSSR count). The number of nitrogens with zero attached hydrogens (tertiary/aromatic N) is 1. The molecule has 0 fully saturated rings. The summed E-state index contributed by atoms with van der Waals surface area (Å²) in [6, 6.07) is 3.14. The van der Waals surface area contributed by atoms with Gasteiger partial charge in [0.05, 0.1) is 9.82 Å². The number of rotatable bonds is 6. The Bertz CT molecular complexity index is 641. The Morgan fingerprint density at radius 1 is 1.50 bits per heavy atom. The molecule has 0 saturated carbocycles. The third kappa shape index (κ3) is 4.19. The van der Waals surface area contributed by atoms with Crippen molar-refractivity contribution in [1.82, 2.24) is 0 Å². The molecule has 1 aromatic carbocycles. The van der Waals surface area contributed by atoms with Gasteiger partial charge in [-0.25, -0.2) is 8.42 Å². The highest BCUT2D eigenvalue weighted by atomic mass is 32.2. The Kier molecular flexibility index (Phi) is 4.66. The number of nitrogens with two attached hydrogens (primary N) is 1. The summed E-state index contributed by atoms with van der Waals surface area (Å²) < 4.78 is 22.8. The lowest BCUT2D eigenvalue weighted by Gasteiger charge is -2.14. The van der Waals surface area contributed by atoms with Crippen molar-refractivity contribution in [3.63, 3.8) is 0 Å². The van der Waals surface area contributed by atoms with Crippen LogP contribution in [0.15, 0.2) is 23.1 Å². The fourth-order valence-electron chi connectivity index (χ4n) is 1.63. The minimum Gasteiger partial charge on any atom is -0.377 e. The van der Waals surface area contributed by atoms with Crippen molar-refractivity contribution in [2.24, 2.45) is 5.73 Å². The van der Waals surface area contributed by atoms with Crippen LogP contribution in [0.2, 0.25) is 0 Å². The molecule has 9 heteroatoms. The van der Waals surface area contributed by atoms with Crippen LogP contribution in [-0.2, 0) is 14.6 Å². The maximum Gasteiger partial charge on any atom is 0.293 e. The van der Waals surface area contributed by atoms with Crippen LogP contribution in [0.25, 0.3) is 0 Å². The molecule has 20 heavy (non-hydrogen) atoms. The van der Waals surface area contributed by atoms with Gasteiger partial charge in [-0.15, -0.1) is 0 Å². The Balaban J connectivity index is 3.15. The summed E-state index contributed by atoms with van der Waals surface area (Å²) in [7, 11) is -3.53. The maximum atomic E-state index is 11.4. The SMILES string of the molecule is CC(CC(N)=O)Nc1ccc(S(C)(=O)=O)cc1[N+](=O)[O-]. The van der Waals surface area contributed by atoms with Gasteiger partial charge in [0, 0.05) is 24.8 Å². The molecule has 1 amide bonds. The predicted octanol–water partition coefficient (Wildman–Crippen LogP) is 0.674. The van der Waals surface area contributed by atoms with Crippen molar-refractivity contribution >= 4 is 27.1 Å². The third-order valence-corrected chi connectivity index (χ3v) is 3.61. The van der Waals surface area contributed by atoms with Gasteiger partial charge in [-0.2, -0.15) is 0 Å². The van der Waals surface area contributed by atoms with Crippen LogP contribution in [0.5, 0.6) is 0 Å². The second-order valence-corrected chi connectivity index (χ2v) is 6.44. The largest absolute Gasteiger partial charge is 0.377 e. The Hall–Kier alpha value is -2.16. The zero-order chi connectivity index (χ0) is 15.5. The van der Waals surface area contributed by atoms with Crippen molar-refractivity contribution in [2.75, 3.05) is 11.6 Å². The second-order valence-electron chi connectivity index (χ2n) is 4.42. The summed E-state index contributed by atoms with van der Waals surface area (Å²) in [4.78, 5) is 20.9. The van der Waals surface area contributed by atoms with E-state index in [1.807, 2.05) is 0 Å². The molecule has 1 aromatic rings. The van der Waals surface area contributed by atoms with E-state index in [9.17, 15) is 23.3 Å². The van der Waals surface area contributed by atoms with Crippen LogP contribution in [0.4, 0.5) is 11.4 Å². The lowest BCUT2D eigenvalue weighted by Crippen LogP contribution is -2.24. The molecule has 0 aliphatic carbocycles. The zero-order valence-electron chi connectivity index (χ0n) is 11.0. The van der Waals surface area contributed by atoms with Gasteiger partial charge in [-0.1, -0.05) is 0 Å². The molecule has 110 valence electrons. The molecule has 1 unspecified atom stereocenters.